The van der Waals surface area contributed by atoms with Crippen LogP contribution in [0.25, 0.3) is 0 Å². The molecular weight excluding hydrogens is 126 g/mol. The van der Waals surface area contributed by atoms with Crippen molar-refractivity contribution in [3.8, 4) is 0 Å². The molecule has 3 N–H and O–H groups in total. The molecule has 0 heterocycles. The molecule has 0 bridgehead atoms. The maximum atomic E-state index is 8.67. The molecule has 1 unspecified atom stereocenters. The summed E-state index contributed by atoms with van der Waals surface area (Å²) in [6.45, 7) is 0.149. The lowest BCUT2D eigenvalue weighted by atomic mass is 9.99. The molecule has 1 rings (SSSR count). The summed E-state index contributed by atoms with van der Waals surface area (Å²) in [6.07, 6.45) is 6.41. The minimum Gasteiger partial charge on any atom is -0.395 e. The van der Waals surface area contributed by atoms with E-state index in [1.165, 1.54) is 25.7 Å². The van der Waals surface area contributed by atoms with Crippen LogP contribution in [0, 0.1) is 5.92 Å². The summed E-state index contributed by atoms with van der Waals surface area (Å²) in [4.78, 5) is 0. The number of aliphatic hydroxyl groups is 1. The van der Waals surface area contributed by atoms with Crippen molar-refractivity contribution in [2.45, 2.75) is 38.1 Å². The van der Waals surface area contributed by atoms with Crippen molar-refractivity contribution >= 4 is 0 Å². The average molecular weight is 143 g/mol. The molecule has 0 aromatic carbocycles. The van der Waals surface area contributed by atoms with Crippen LogP contribution in [-0.4, -0.2) is 17.8 Å². The van der Waals surface area contributed by atoms with Crippen molar-refractivity contribution in [3.05, 3.63) is 0 Å². The highest BCUT2D eigenvalue weighted by atomic mass is 16.3. The Morgan fingerprint density at radius 1 is 1.40 bits per heavy atom. The molecule has 0 radical (unpaired) electrons. The summed E-state index contributed by atoms with van der Waals surface area (Å²) in [7, 11) is 0. The van der Waals surface area contributed by atoms with Gasteiger partial charge in [0.1, 0.15) is 0 Å². The van der Waals surface area contributed by atoms with Crippen LogP contribution in [0.5, 0.6) is 0 Å². The van der Waals surface area contributed by atoms with E-state index in [0.717, 1.165) is 12.3 Å². The SMILES string of the molecule is NC(CO)CC1CCCC1. The average Bonchev–Trinajstić information content (AvgIpc) is 2.40. The van der Waals surface area contributed by atoms with Gasteiger partial charge in [-0.2, -0.15) is 0 Å². The Balaban J connectivity index is 2.11. The third-order valence-electron chi connectivity index (χ3n) is 2.35. The monoisotopic (exact) mass is 143 g/mol. The van der Waals surface area contributed by atoms with E-state index in [1.807, 2.05) is 0 Å². The minimum atomic E-state index is 0.0306. The molecule has 1 saturated carbocycles. The van der Waals surface area contributed by atoms with E-state index < -0.39 is 0 Å². The van der Waals surface area contributed by atoms with Crippen LogP contribution >= 0.6 is 0 Å². The van der Waals surface area contributed by atoms with Gasteiger partial charge in [0, 0.05) is 6.04 Å². The lowest BCUT2D eigenvalue weighted by molar-refractivity contribution is 0.245. The van der Waals surface area contributed by atoms with E-state index in [9.17, 15) is 0 Å². The van der Waals surface area contributed by atoms with Gasteiger partial charge in [0.05, 0.1) is 6.61 Å². The molecular formula is C8H17NO. The maximum absolute atomic E-state index is 8.67. The van der Waals surface area contributed by atoms with Crippen LogP contribution in [0.1, 0.15) is 32.1 Å². The summed E-state index contributed by atoms with van der Waals surface area (Å²) >= 11 is 0. The minimum absolute atomic E-state index is 0.0306. The Labute approximate surface area is 62.4 Å². The van der Waals surface area contributed by atoms with Crippen LogP contribution in [0.3, 0.4) is 0 Å². The highest BCUT2D eigenvalue weighted by molar-refractivity contribution is 4.72. The number of hydrogen-bond acceptors (Lipinski definition) is 2. The normalized spacial score (nSPS) is 23.4. The second kappa shape index (κ2) is 3.94. The molecule has 2 heteroatoms. The molecule has 0 saturated heterocycles. The number of aliphatic hydroxyl groups excluding tert-OH is 1. The van der Waals surface area contributed by atoms with E-state index in [4.69, 9.17) is 10.8 Å². The van der Waals surface area contributed by atoms with Crippen molar-refractivity contribution < 1.29 is 5.11 Å². The van der Waals surface area contributed by atoms with E-state index >= 15 is 0 Å². The van der Waals surface area contributed by atoms with Gasteiger partial charge in [0.25, 0.3) is 0 Å². The van der Waals surface area contributed by atoms with Crippen molar-refractivity contribution in [1.29, 1.82) is 0 Å². The lowest BCUT2D eigenvalue weighted by Crippen LogP contribution is -2.26. The van der Waals surface area contributed by atoms with Crippen molar-refractivity contribution in [3.63, 3.8) is 0 Å². The summed E-state index contributed by atoms with van der Waals surface area (Å²) in [5.74, 6) is 0.808. The van der Waals surface area contributed by atoms with Crippen molar-refractivity contribution in [1.82, 2.24) is 0 Å². The van der Waals surface area contributed by atoms with E-state index in [1.54, 1.807) is 0 Å². The van der Waals surface area contributed by atoms with Gasteiger partial charge in [-0.05, 0) is 12.3 Å². The first-order valence-electron chi connectivity index (χ1n) is 4.19. The quantitative estimate of drug-likeness (QED) is 0.616. The molecule has 0 spiro atoms. The Bertz CT molecular complexity index is 89.3. The van der Waals surface area contributed by atoms with Gasteiger partial charge >= 0.3 is 0 Å². The van der Waals surface area contributed by atoms with Crippen molar-refractivity contribution in [2.24, 2.45) is 11.7 Å². The van der Waals surface area contributed by atoms with E-state index in [-0.39, 0.29) is 12.6 Å². The third kappa shape index (κ3) is 2.27. The first kappa shape index (κ1) is 8.02. The maximum Gasteiger partial charge on any atom is 0.0582 e. The molecule has 1 atom stereocenters. The predicted molar refractivity (Wildman–Crippen MR) is 41.6 cm³/mol. The standard InChI is InChI=1S/C8H17NO/c9-8(6-10)5-7-3-1-2-4-7/h7-8,10H,1-6,9H2. The van der Waals surface area contributed by atoms with Gasteiger partial charge in [-0.25, -0.2) is 0 Å². The molecule has 2 nitrogen and oxygen atoms in total. The number of nitrogens with two attached hydrogens (primary N) is 1. The zero-order chi connectivity index (χ0) is 7.40. The van der Waals surface area contributed by atoms with Gasteiger partial charge in [0.2, 0.25) is 0 Å². The molecule has 60 valence electrons. The summed E-state index contributed by atoms with van der Waals surface area (Å²) in [6, 6.07) is 0.0306. The summed E-state index contributed by atoms with van der Waals surface area (Å²) in [5, 5.41) is 8.67. The smallest absolute Gasteiger partial charge is 0.0582 e. The zero-order valence-corrected chi connectivity index (χ0v) is 6.42. The van der Waals surface area contributed by atoms with E-state index in [0.29, 0.717) is 0 Å². The molecule has 10 heavy (non-hydrogen) atoms. The second-order valence-corrected chi connectivity index (χ2v) is 3.33. The second-order valence-electron chi connectivity index (χ2n) is 3.33. The highest BCUT2D eigenvalue weighted by Crippen LogP contribution is 2.27. The first-order valence-corrected chi connectivity index (χ1v) is 4.19. The number of rotatable bonds is 3. The number of hydrogen-bond donors (Lipinski definition) is 2. The van der Waals surface area contributed by atoms with Crippen LogP contribution in [0.4, 0.5) is 0 Å². The van der Waals surface area contributed by atoms with Crippen LogP contribution in [0.15, 0.2) is 0 Å². The van der Waals surface area contributed by atoms with Gasteiger partial charge in [-0.3, -0.25) is 0 Å². The van der Waals surface area contributed by atoms with Crippen molar-refractivity contribution in [2.75, 3.05) is 6.61 Å². The fourth-order valence-electron chi connectivity index (χ4n) is 1.75. The Kier molecular flexibility index (Phi) is 3.16. The molecule has 0 aromatic heterocycles. The van der Waals surface area contributed by atoms with Crippen LogP contribution in [-0.2, 0) is 0 Å². The van der Waals surface area contributed by atoms with E-state index in [2.05, 4.69) is 0 Å². The first-order chi connectivity index (χ1) is 4.83. The molecule has 0 aromatic rings. The lowest BCUT2D eigenvalue weighted by Gasteiger charge is -2.12. The molecule has 1 fully saturated rings. The highest BCUT2D eigenvalue weighted by Gasteiger charge is 2.17. The van der Waals surface area contributed by atoms with Crippen LogP contribution in [0.2, 0.25) is 0 Å². The van der Waals surface area contributed by atoms with Crippen LogP contribution < -0.4 is 5.73 Å². The summed E-state index contributed by atoms with van der Waals surface area (Å²) in [5.41, 5.74) is 5.60. The molecule has 0 amide bonds. The summed E-state index contributed by atoms with van der Waals surface area (Å²) < 4.78 is 0. The Hall–Kier alpha value is -0.0800. The molecule has 0 aliphatic heterocycles. The zero-order valence-electron chi connectivity index (χ0n) is 6.42. The van der Waals surface area contributed by atoms with Gasteiger partial charge in [-0.1, -0.05) is 25.7 Å². The Morgan fingerprint density at radius 3 is 2.50 bits per heavy atom. The van der Waals surface area contributed by atoms with Gasteiger partial charge in [-0.15, -0.1) is 0 Å². The topological polar surface area (TPSA) is 46.2 Å². The predicted octanol–water partition coefficient (Wildman–Crippen LogP) is 0.886. The Morgan fingerprint density at radius 2 is 2.00 bits per heavy atom. The van der Waals surface area contributed by atoms with Gasteiger partial charge < -0.3 is 10.8 Å². The molecule has 1 aliphatic carbocycles. The largest absolute Gasteiger partial charge is 0.395 e. The molecule has 1 aliphatic rings. The fourth-order valence-corrected chi connectivity index (χ4v) is 1.75. The third-order valence-corrected chi connectivity index (χ3v) is 2.35. The fraction of sp³-hybridized carbons (Fsp3) is 1.00. The van der Waals surface area contributed by atoms with Gasteiger partial charge in [0.15, 0.2) is 0 Å².